The largest absolute Gasteiger partial charge is 0.496 e. The number of nitrogens with one attached hydrogen (secondary N) is 1. The third-order valence-electron chi connectivity index (χ3n) is 7.62. The summed E-state index contributed by atoms with van der Waals surface area (Å²) < 4.78 is 59.9. The molecule has 3 aromatic rings. The zero-order valence-electron chi connectivity index (χ0n) is 23.2. The standard InChI is InChI=1S/C28H30F4N6O4S/c1-42-21-3-2-17(12-19(21)28(30,31)32)24-22(15-37-8-6-18(29)7-9-37)43-27(35-24)36-25(39)20-13-34-23(14-33-20)38-10-4-16(5-11-38)26(40)41/h2-3,12-14,16,18H,4-11,15H2,1H3,(H,40,41)(H,35,36,39). The number of carboxylic acids is 1. The molecule has 4 heterocycles. The van der Waals surface area contributed by atoms with Crippen LogP contribution >= 0.6 is 11.3 Å². The fourth-order valence-corrected chi connectivity index (χ4v) is 6.22. The van der Waals surface area contributed by atoms with Crippen molar-refractivity contribution in [1.29, 1.82) is 0 Å². The molecule has 10 nitrogen and oxygen atoms in total. The molecule has 2 aliphatic heterocycles. The van der Waals surface area contributed by atoms with Gasteiger partial charge < -0.3 is 14.7 Å². The van der Waals surface area contributed by atoms with Gasteiger partial charge >= 0.3 is 12.1 Å². The van der Waals surface area contributed by atoms with E-state index in [9.17, 15) is 32.3 Å². The molecule has 1 aromatic carbocycles. The number of rotatable bonds is 8. The van der Waals surface area contributed by atoms with Crippen molar-refractivity contribution in [1.82, 2.24) is 19.9 Å². The van der Waals surface area contributed by atoms with Gasteiger partial charge in [0, 0.05) is 43.2 Å². The van der Waals surface area contributed by atoms with E-state index in [1.165, 1.54) is 24.5 Å². The maximum absolute atomic E-state index is 13.8. The fraction of sp³-hybridized carbons (Fsp3) is 0.464. The summed E-state index contributed by atoms with van der Waals surface area (Å²) in [4.78, 5) is 41.8. The minimum Gasteiger partial charge on any atom is -0.496 e. The number of ether oxygens (including phenoxy) is 1. The molecule has 2 saturated heterocycles. The number of methoxy groups -OCH3 is 1. The van der Waals surface area contributed by atoms with Crippen LogP contribution in [0.15, 0.2) is 30.6 Å². The molecule has 230 valence electrons. The van der Waals surface area contributed by atoms with E-state index >= 15 is 0 Å². The minimum atomic E-state index is -4.66. The number of carboxylic acid groups (broad SMARTS) is 1. The first-order valence-corrected chi connectivity index (χ1v) is 14.6. The number of amides is 1. The number of likely N-dealkylation sites (tertiary alicyclic amines) is 1. The first-order chi connectivity index (χ1) is 20.5. The number of piperidine rings is 2. The molecular formula is C28H30F4N6O4S. The predicted molar refractivity (Wildman–Crippen MR) is 151 cm³/mol. The van der Waals surface area contributed by atoms with E-state index in [4.69, 9.17) is 4.74 Å². The lowest BCUT2D eigenvalue weighted by Crippen LogP contribution is -2.36. The summed E-state index contributed by atoms with van der Waals surface area (Å²) in [6.07, 6.45) is -1.09. The Hall–Kier alpha value is -3.85. The second-order valence-corrected chi connectivity index (χ2v) is 11.6. The number of alkyl halides is 4. The maximum Gasteiger partial charge on any atom is 0.419 e. The number of carbonyl (C=O) groups is 2. The molecule has 0 bridgehead atoms. The molecule has 2 aliphatic rings. The van der Waals surface area contributed by atoms with Gasteiger partial charge in [-0.25, -0.2) is 19.3 Å². The molecule has 2 N–H and O–H groups in total. The Kier molecular flexibility index (Phi) is 9.11. The molecule has 5 rings (SSSR count). The Bertz CT molecular complexity index is 1450. The van der Waals surface area contributed by atoms with Crippen LogP contribution in [0, 0.1) is 5.92 Å². The van der Waals surface area contributed by atoms with Gasteiger partial charge in [-0.15, -0.1) is 0 Å². The van der Waals surface area contributed by atoms with E-state index in [1.807, 2.05) is 9.80 Å². The SMILES string of the molecule is COc1ccc(-c2nc(NC(=O)c3cnc(N4CCC(C(=O)O)CC4)cn3)sc2CN2CCC(F)CC2)cc1C(F)(F)F. The molecule has 43 heavy (non-hydrogen) atoms. The van der Waals surface area contributed by atoms with Crippen LogP contribution in [0.3, 0.4) is 0 Å². The van der Waals surface area contributed by atoms with E-state index in [-0.39, 0.29) is 27.8 Å². The van der Waals surface area contributed by atoms with Crippen LogP contribution in [0.4, 0.5) is 28.5 Å². The molecular weight excluding hydrogens is 592 g/mol. The van der Waals surface area contributed by atoms with Gasteiger partial charge in [-0.05, 0) is 43.9 Å². The number of aliphatic carboxylic acids is 1. The first kappa shape index (κ1) is 30.6. The van der Waals surface area contributed by atoms with Crippen molar-refractivity contribution in [3.8, 4) is 17.0 Å². The van der Waals surface area contributed by atoms with Crippen molar-refractivity contribution >= 4 is 34.2 Å². The van der Waals surface area contributed by atoms with E-state index < -0.39 is 35.7 Å². The highest BCUT2D eigenvalue weighted by molar-refractivity contribution is 7.16. The third-order valence-corrected chi connectivity index (χ3v) is 8.58. The topological polar surface area (TPSA) is 121 Å². The van der Waals surface area contributed by atoms with Crippen molar-refractivity contribution in [3.05, 3.63) is 46.7 Å². The predicted octanol–water partition coefficient (Wildman–Crippen LogP) is 5.11. The number of halogens is 4. The van der Waals surface area contributed by atoms with Crippen molar-refractivity contribution in [2.75, 3.05) is 43.5 Å². The summed E-state index contributed by atoms with van der Waals surface area (Å²) in [6.45, 7) is 2.33. The van der Waals surface area contributed by atoms with Crippen LogP contribution in [0.5, 0.6) is 5.75 Å². The molecule has 2 aromatic heterocycles. The Morgan fingerprint density at radius 2 is 1.81 bits per heavy atom. The molecule has 2 fully saturated rings. The fourth-order valence-electron chi connectivity index (χ4n) is 5.20. The smallest absolute Gasteiger partial charge is 0.419 e. The van der Waals surface area contributed by atoms with Crippen LogP contribution in [-0.2, 0) is 17.5 Å². The highest BCUT2D eigenvalue weighted by atomic mass is 32.1. The van der Waals surface area contributed by atoms with Crippen molar-refractivity contribution in [2.45, 2.75) is 44.6 Å². The maximum atomic E-state index is 13.8. The summed E-state index contributed by atoms with van der Waals surface area (Å²) in [6, 6.07) is 3.69. The average molecular weight is 623 g/mol. The lowest BCUT2D eigenvalue weighted by Gasteiger charge is -2.30. The number of hydrogen-bond donors (Lipinski definition) is 2. The quantitative estimate of drug-likeness (QED) is 0.330. The van der Waals surface area contributed by atoms with Crippen LogP contribution in [-0.4, -0.2) is 76.3 Å². The lowest BCUT2D eigenvalue weighted by molar-refractivity contribution is -0.142. The molecule has 0 unspecified atom stereocenters. The number of hydrogen-bond acceptors (Lipinski definition) is 9. The highest BCUT2D eigenvalue weighted by Gasteiger charge is 2.35. The summed E-state index contributed by atoms with van der Waals surface area (Å²) in [5.41, 5.74) is -0.452. The summed E-state index contributed by atoms with van der Waals surface area (Å²) in [5.74, 6) is -1.60. The number of aromatic nitrogens is 3. The number of thiazole rings is 1. The van der Waals surface area contributed by atoms with Crippen LogP contribution < -0.4 is 15.0 Å². The third kappa shape index (κ3) is 7.21. The number of nitrogens with zero attached hydrogens (tertiary/aromatic N) is 5. The van der Waals surface area contributed by atoms with Crippen LogP contribution in [0.25, 0.3) is 11.3 Å². The second kappa shape index (κ2) is 12.8. The van der Waals surface area contributed by atoms with E-state index in [0.717, 1.165) is 24.5 Å². The minimum absolute atomic E-state index is 0.0105. The van der Waals surface area contributed by atoms with Crippen LogP contribution in [0.2, 0.25) is 0 Å². The lowest BCUT2D eigenvalue weighted by atomic mass is 9.97. The van der Waals surface area contributed by atoms with Gasteiger partial charge in [0.05, 0.1) is 36.7 Å². The van der Waals surface area contributed by atoms with Gasteiger partial charge in [0.15, 0.2) is 5.13 Å². The van der Waals surface area contributed by atoms with E-state index in [2.05, 4.69) is 20.3 Å². The summed E-state index contributed by atoms with van der Waals surface area (Å²) in [7, 11) is 1.16. The van der Waals surface area contributed by atoms with Crippen LogP contribution in [0.1, 0.15) is 46.6 Å². The van der Waals surface area contributed by atoms with Crippen molar-refractivity contribution in [3.63, 3.8) is 0 Å². The monoisotopic (exact) mass is 622 g/mol. The normalized spacial score (nSPS) is 17.2. The molecule has 1 amide bonds. The number of carbonyl (C=O) groups excluding carboxylic acids is 1. The van der Waals surface area contributed by atoms with Gasteiger partial charge in [-0.3, -0.25) is 19.8 Å². The Labute approximate surface area is 248 Å². The summed E-state index contributed by atoms with van der Waals surface area (Å²) >= 11 is 1.13. The number of anilines is 2. The molecule has 0 radical (unpaired) electrons. The molecule has 15 heteroatoms. The van der Waals surface area contributed by atoms with Gasteiger partial charge in [0.2, 0.25) is 0 Å². The second-order valence-electron chi connectivity index (χ2n) is 10.5. The van der Waals surface area contributed by atoms with Gasteiger partial charge in [0.25, 0.3) is 5.91 Å². The Morgan fingerprint density at radius 1 is 1.09 bits per heavy atom. The van der Waals surface area contributed by atoms with E-state index in [0.29, 0.717) is 69.1 Å². The first-order valence-electron chi connectivity index (χ1n) is 13.7. The van der Waals surface area contributed by atoms with Gasteiger partial charge in [-0.2, -0.15) is 13.2 Å². The Morgan fingerprint density at radius 3 is 2.42 bits per heavy atom. The highest BCUT2D eigenvalue weighted by Crippen LogP contribution is 2.41. The molecule has 0 atom stereocenters. The van der Waals surface area contributed by atoms with E-state index in [1.54, 1.807) is 0 Å². The van der Waals surface area contributed by atoms with Crippen molar-refractivity contribution < 1.29 is 37.0 Å². The zero-order valence-corrected chi connectivity index (χ0v) is 24.1. The average Bonchev–Trinajstić information content (AvgIpc) is 3.39. The van der Waals surface area contributed by atoms with Crippen molar-refractivity contribution in [2.24, 2.45) is 5.92 Å². The molecule has 0 aliphatic carbocycles. The summed E-state index contributed by atoms with van der Waals surface area (Å²) in [5, 5.41) is 12.0. The van der Waals surface area contributed by atoms with Gasteiger partial charge in [0.1, 0.15) is 23.4 Å². The zero-order chi connectivity index (χ0) is 30.7. The molecule has 0 spiro atoms. The van der Waals surface area contributed by atoms with Gasteiger partial charge in [-0.1, -0.05) is 11.3 Å². The number of benzene rings is 1. The molecule has 0 saturated carbocycles. The Balaban J connectivity index is 1.36.